The molecular formula is C15H21ClFN. The van der Waals surface area contributed by atoms with Crippen LogP contribution < -0.4 is 5.32 Å². The minimum Gasteiger partial charge on any atom is -0.310 e. The number of hydrogen-bond donors (Lipinski definition) is 1. The molecule has 0 saturated carbocycles. The van der Waals surface area contributed by atoms with Gasteiger partial charge in [0.05, 0.1) is 5.02 Å². The van der Waals surface area contributed by atoms with Crippen molar-refractivity contribution in [2.45, 2.75) is 45.6 Å². The molecule has 0 amide bonds. The second-order valence-corrected chi connectivity index (χ2v) is 6.69. The minimum absolute atomic E-state index is 0.0628. The Kier molecular flexibility index (Phi) is 3.70. The number of hydrogen-bond acceptors (Lipinski definition) is 1. The molecule has 18 heavy (non-hydrogen) atoms. The fraction of sp³-hybridized carbons (Fsp3) is 0.600. The van der Waals surface area contributed by atoms with Crippen molar-refractivity contribution in [2.75, 3.05) is 6.54 Å². The van der Waals surface area contributed by atoms with E-state index in [9.17, 15) is 4.39 Å². The van der Waals surface area contributed by atoms with Crippen molar-refractivity contribution in [3.05, 3.63) is 34.6 Å². The summed E-state index contributed by atoms with van der Waals surface area (Å²) in [6, 6.07) is 5.15. The Hall–Kier alpha value is -0.600. The molecule has 1 N–H and O–H groups in total. The summed E-state index contributed by atoms with van der Waals surface area (Å²) in [5.74, 6) is -0.323. The predicted octanol–water partition coefficient (Wildman–Crippen LogP) is 4.19. The van der Waals surface area contributed by atoms with E-state index in [2.05, 4.69) is 26.1 Å². The van der Waals surface area contributed by atoms with E-state index < -0.39 is 0 Å². The Balaban J connectivity index is 2.27. The highest BCUT2D eigenvalue weighted by atomic mass is 35.5. The smallest absolute Gasteiger partial charge is 0.142 e. The van der Waals surface area contributed by atoms with Crippen LogP contribution in [0.2, 0.25) is 5.02 Å². The van der Waals surface area contributed by atoms with Crippen molar-refractivity contribution in [1.29, 1.82) is 0 Å². The van der Waals surface area contributed by atoms with E-state index >= 15 is 0 Å². The summed E-state index contributed by atoms with van der Waals surface area (Å²) < 4.78 is 13.5. The fourth-order valence-electron chi connectivity index (χ4n) is 2.86. The van der Waals surface area contributed by atoms with Crippen LogP contribution in [-0.2, 0) is 6.42 Å². The van der Waals surface area contributed by atoms with Crippen LogP contribution in [0.4, 0.5) is 4.39 Å². The first-order chi connectivity index (χ1) is 8.34. The molecule has 1 saturated heterocycles. The Morgan fingerprint density at radius 1 is 1.39 bits per heavy atom. The van der Waals surface area contributed by atoms with Crippen molar-refractivity contribution in [1.82, 2.24) is 5.32 Å². The Morgan fingerprint density at radius 3 is 2.61 bits per heavy atom. The van der Waals surface area contributed by atoms with Gasteiger partial charge in [-0.05, 0) is 48.9 Å². The van der Waals surface area contributed by atoms with Gasteiger partial charge in [0.15, 0.2) is 0 Å². The third-order valence-corrected chi connectivity index (χ3v) is 4.48. The molecule has 0 bridgehead atoms. The van der Waals surface area contributed by atoms with E-state index in [1.165, 1.54) is 6.42 Å². The van der Waals surface area contributed by atoms with Gasteiger partial charge in [-0.3, -0.25) is 0 Å². The maximum atomic E-state index is 13.5. The lowest BCUT2D eigenvalue weighted by molar-refractivity contribution is 0.159. The van der Waals surface area contributed by atoms with Gasteiger partial charge in [-0.25, -0.2) is 4.39 Å². The summed E-state index contributed by atoms with van der Waals surface area (Å²) >= 11 is 5.73. The molecule has 1 nitrogen and oxygen atoms in total. The van der Waals surface area contributed by atoms with Crippen molar-refractivity contribution in [2.24, 2.45) is 5.41 Å². The Morgan fingerprint density at radius 2 is 2.11 bits per heavy atom. The molecule has 3 heteroatoms. The molecule has 1 aromatic rings. The van der Waals surface area contributed by atoms with Gasteiger partial charge in [-0.2, -0.15) is 0 Å². The summed E-state index contributed by atoms with van der Waals surface area (Å²) in [6.45, 7) is 7.79. The summed E-state index contributed by atoms with van der Waals surface area (Å²) in [7, 11) is 0. The summed E-state index contributed by atoms with van der Waals surface area (Å²) in [5.41, 5.74) is 1.23. The van der Waals surface area contributed by atoms with Gasteiger partial charge < -0.3 is 5.32 Å². The van der Waals surface area contributed by atoms with Gasteiger partial charge >= 0.3 is 0 Å². The average molecular weight is 270 g/mol. The quantitative estimate of drug-likeness (QED) is 0.849. The van der Waals surface area contributed by atoms with Crippen LogP contribution >= 0.6 is 11.6 Å². The van der Waals surface area contributed by atoms with E-state index in [0.29, 0.717) is 0 Å². The number of rotatable bonds is 2. The molecule has 1 aliphatic rings. The van der Waals surface area contributed by atoms with E-state index in [-0.39, 0.29) is 21.8 Å². The van der Waals surface area contributed by atoms with E-state index in [4.69, 9.17) is 11.6 Å². The second-order valence-electron chi connectivity index (χ2n) is 6.29. The monoisotopic (exact) mass is 269 g/mol. The first kappa shape index (κ1) is 13.8. The van der Waals surface area contributed by atoms with Gasteiger partial charge in [-0.1, -0.05) is 38.4 Å². The Bertz CT molecular complexity index is 431. The molecule has 0 spiro atoms. The van der Waals surface area contributed by atoms with Crippen molar-refractivity contribution >= 4 is 11.6 Å². The van der Waals surface area contributed by atoms with Crippen LogP contribution in [0, 0.1) is 11.2 Å². The molecule has 2 rings (SSSR count). The van der Waals surface area contributed by atoms with Gasteiger partial charge in [0.2, 0.25) is 0 Å². The third-order valence-electron chi connectivity index (χ3n) is 4.17. The highest BCUT2D eigenvalue weighted by Gasteiger charge is 2.43. The first-order valence-corrected chi connectivity index (χ1v) is 6.91. The number of nitrogens with one attached hydrogen (secondary N) is 1. The summed E-state index contributed by atoms with van der Waals surface area (Å²) in [4.78, 5) is 0. The second kappa shape index (κ2) is 4.82. The van der Waals surface area contributed by atoms with Crippen LogP contribution in [0.1, 0.15) is 39.2 Å². The highest BCUT2D eigenvalue weighted by molar-refractivity contribution is 6.30. The molecular weight excluding hydrogens is 249 g/mol. The van der Waals surface area contributed by atoms with E-state index in [1.807, 2.05) is 6.07 Å². The molecule has 1 atom stereocenters. The molecule has 100 valence electrons. The standard InChI is InChI=1S/C15H21ClFN/c1-14(2,3)15(7-4-8-18-15)10-11-5-6-12(16)13(17)9-11/h5-6,9,18H,4,7-8,10H2,1-3H3. The van der Waals surface area contributed by atoms with Crippen LogP contribution in [0.25, 0.3) is 0 Å². The maximum Gasteiger partial charge on any atom is 0.142 e. The lowest BCUT2D eigenvalue weighted by atomic mass is 9.69. The first-order valence-electron chi connectivity index (χ1n) is 6.53. The molecule has 1 fully saturated rings. The van der Waals surface area contributed by atoms with Gasteiger partial charge in [0.25, 0.3) is 0 Å². The minimum atomic E-state index is -0.323. The van der Waals surface area contributed by atoms with Crippen molar-refractivity contribution in [3.63, 3.8) is 0 Å². The summed E-state index contributed by atoms with van der Waals surface area (Å²) in [6.07, 6.45) is 3.18. The molecule has 0 radical (unpaired) electrons. The zero-order chi connectivity index (χ0) is 13.4. The lowest BCUT2D eigenvalue weighted by Crippen LogP contribution is -2.52. The average Bonchev–Trinajstić information content (AvgIpc) is 2.73. The molecule has 1 heterocycles. The predicted molar refractivity (Wildman–Crippen MR) is 74.5 cm³/mol. The largest absolute Gasteiger partial charge is 0.310 e. The fourth-order valence-corrected chi connectivity index (χ4v) is 2.98. The molecule has 0 aromatic heterocycles. The summed E-state index contributed by atoms with van der Waals surface area (Å²) in [5, 5.41) is 3.83. The molecule has 0 aliphatic carbocycles. The van der Waals surface area contributed by atoms with Crippen LogP contribution in [-0.4, -0.2) is 12.1 Å². The normalized spacial score (nSPS) is 24.5. The van der Waals surface area contributed by atoms with Crippen molar-refractivity contribution < 1.29 is 4.39 Å². The van der Waals surface area contributed by atoms with Gasteiger partial charge in [0.1, 0.15) is 5.82 Å². The SMILES string of the molecule is CC(C)(C)C1(Cc2ccc(Cl)c(F)c2)CCCN1. The Labute approximate surface area is 114 Å². The van der Waals surface area contributed by atoms with Crippen LogP contribution in [0.3, 0.4) is 0 Å². The third kappa shape index (κ3) is 2.55. The maximum absolute atomic E-state index is 13.5. The van der Waals surface area contributed by atoms with Crippen LogP contribution in [0.5, 0.6) is 0 Å². The lowest BCUT2D eigenvalue weighted by Gasteiger charge is -2.42. The zero-order valence-electron chi connectivity index (χ0n) is 11.3. The molecule has 1 aliphatic heterocycles. The molecule has 1 aromatic carbocycles. The molecule has 1 unspecified atom stereocenters. The highest BCUT2D eigenvalue weighted by Crippen LogP contribution is 2.40. The van der Waals surface area contributed by atoms with E-state index in [0.717, 1.165) is 24.9 Å². The van der Waals surface area contributed by atoms with E-state index in [1.54, 1.807) is 12.1 Å². The number of halogens is 2. The van der Waals surface area contributed by atoms with Gasteiger partial charge in [-0.15, -0.1) is 0 Å². The topological polar surface area (TPSA) is 12.0 Å². The number of benzene rings is 1. The van der Waals surface area contributed by atoms with Crippen LogP contribution in [0.15, 0.2) is 18.2 Å². The zero-order valence-corrected chi connectivity index (χ0v) is 12.1. The van der Waals surface area contributed by atoms with Crippen molar-refractivity contribution in [3.8, 4) is 0 Å². The van der Waals surface area contributed by atoms with Gasteiger partial charge in [0, 0.05) is 5.54 Å².